The number of amidine groups is 1. The van der Waals surface area contributed by atoms with Gasteiger partial charge in [-0.25, -0.2) is 0 Å². The minimum absolute atomic E-state index is 0.897. The molecule has 0 bridgehead atoms. The van der Waals surface area contributed by atoms with Gasteiger partial charge in [-0.05, 0) is 30.4 Å². The summed E-state index contributed by atoms with van der Waals surface area (Å²) in [6.45, 7) is 1.86. The molecule has 2 nitrogen and oxygen atoms in total. The van der Waals surface area contributed by atoms with Crippen LogP contribution in [0.25, 0.3) is 0 Å². The van der Waals surface area contributed by atoms with Gasteiger partial charge >= 0.3 is 0 Å². The number of nitrogens with one attached hydrogen (secondary N) is 1. The Morgan fingerprint density at radius 3 is 2.50 bits per heavy atom. The van der Waals surface area contributed by atoms with Crippen molar-refractivity contribution in [3.8, 4) is 0 Å². The Morgan fingerprint density at radius 1 is 0.900 bits per heavy atom. The average molecular weight is 264 g/mol. The van der Waals surface area contributed by atoms with Gasteiger partial charge < -0.3 is 5.32 Å². The van der Waals surface area contributed by atoms with E-state index in [4.69, 9.17) is 0 Å². The molecule has 0 atom stereocenters. The molecule has 0 amide bonds. The van der Waals surface area contributed by atoms with Crippen molar-refractivity contribution in [3.05, 3.63) is 71.3 Å². The minimum Gasteiger partial charge on any atom is -0.368 e. The van der Waals surface area contributed by atoms with Gasteiger partial charge in [0.2, 0.25) is 0 Å². The number of hydrogen-bond acceptors (Lipinski definition) is 2. The Balaban J connectivity index is 1.65. The van der Waals surface area contributed by atoms with Gasteiger partial charge in [0.25, 0.3) is 0 Å². The first-order valence-corrected chi connectivity index (χ1v) is 7.34. The molecule has 0 radical (unpaired) electrons. The zero-order valence-corrected chi connectivity index (χ0v) is 11.7. The van der Waals surface area contributed by atoms with Crippen LogP contribution in [0.4, 0.5) is 0 Å². The summed E-state index contributed by atoms with van der Waals surface area (Å²) in [6.07, 6.45) is 3.41. The number of rotatable bonds is 5. The lowest BCUT2D eigenvalue weighted by Gasteiger charge is -2.10. The van der Waals surface area contributed by atoms with E-state index in [9.17, 15) is 0 Å². The third-order valence-corrected chi connectivity index (χ3v) is 3.70. The number of benzene rings is 2. The van der Waals surface area contributed by atoms with Crippen LogP contribution in [-0.2, 0) is 12.8 Å². The van der Waals surface area contributed by atoms with E-state index in [2.05, 4.69) is 64.9 Å². The molecule has 2 aromatic rings. The molecular formula is C18H20N2. The summed E-state index contributed by atoms with van der Waals surface area (Å²) >= 11 is 0. The summed E-state index contributed by atoms with van der Waals surface area (Å²) in [7, 11) is 0. The summed E-state index contributed by atoms with van der Waals surface area (Å²) in [5.74, 6) is 1.07. The lowest BCUT2D eigenvalue weighted by molar-refractivity contribution is 0.819. The van der Waals surface area contributed by atoms with Crippen LogP contribution >= 0.6 is 0 Å². The van der Waals surface area contributed by atoms with E-state index in [1.165, 1.54) is 23.1 Å². The van der Waals surface area contributed by atoms with Crippen LogP contribution in [0.1, 0.15) is 23.1 Å². The van der Waals surface area contributed by atoms with Crippen LogP contribution in [0.3, 0.4) is 0 Å². The van der Waals surface area contributed by atoms with E-state index in [0.717, 1.165) is 31.8 Å². The quantitative estimate of drug-likeness (QED) is 0.881. The van der Waals surface area contributed by atoms with Crippen molar-refractivity contribution in [1.29, 1.82) is 0 Å². The van der Waals surface area contributed by atoms with Crippen LogP contribution in [0.2, 0.25) is 0 Å². The lowest BCUT2D eigenvalue weighted by Crippen LogP contribution is -2.20. The molecule has 1 N–H and O–H groups in total. The smallest absolute Gasteiger partial charge is 0.128 e. The highest BCUT2D eigenvalue weighted by molar-refractivity contribution is 6.00. The fraction of sp³-hybridized carbons (Fsp3) is 0.278. The standard InChI is InChI=1S/C18H20N2/c1-2-7-15(8-3-1)9-6-11-16-10-4-5-12-17(16)18-19-13-14-20-18/h1-5,7-8,10,12H,6,9,11,13-14H2,(H,19,20). The van der Waals surface area contributed by atoms with Crippen molar-refractivity contribution in [2.45, 2.75) is 19.3 Å². The highest BCUT2D eigenvalue weighted by atomic mass is 15.1. The van der Waals surface area contributed by atoms with Crippen LogP contribution in [0, 0.1) is 0 Å². The fourth-order valence-electron chi connectivity index (χ4n) is 2.68. The second kappa shape index (κ2) is 6.38. The van der Waals surface area contributed by atoms with E-state index in [-0.39, 0.29) is 0 Å². The van der Waals surface area contributed by atoms with Crippen molar-refractivity contribution in [2.24, 2.45) is 4.99 Å². The van der Waals surface area contributed by atoms with Crippen molar-refractivity contribution < 1.29 is 0 Å². The van der Waals surface area contributed by atoms with Crippen LogP contribution in [-0.4, -0.2) is 18.9 Å². The zero-order valence-electron chi connectivity index (χ0n) is 11.7. The molecule has 102 valence electrons. The molecule has 0 aromatic heterocycles. The molecule has 0 aliphatic carbocycles. The highest BCUT2D eigenvalue weighted by Crippen LogP contribution is 2.14. The zero-order chi connectivity index (χ0) is 13.6. The number of aryl methyl sites for hydroxylation is 2. The topological polar surface area (TPSA) is 24.4 Å². The Bertz CT molecular complexity index is 587. The molecule has 0 saturated carbocycles. The SMILES string of the molecule is c1ccc(CCCc2ccccc2C2=NCCN2)cc1. The molecule has 0 fully saturated rings. The van der Waals surface area contributed by atoms with Crippen molar-refractivity contribution >= 4 is 5.84 Å². The van der Waals surface area contributed by atoms with Gasteiger partial charge in [-0.3, -0.25) is 4.99 Å². The van der Waals surface area contributed by atoms with E-state index >= 15 is 0 Å². The van der Waals surface area contributed by atoms with Gasteiger partial charge in [0.1, 0.15) is 5.84 Å². The monoisotopic (exact) mass is 264 g/mol. The van der Waals surface area contributed by atoms with Crippen LogP contribution < -0.4 is 5.32 Å². The molecule has 2 heteroatoms. The van der Waals surface area contributed by atoms with Gasteiger partial charge in [-0.1, -0.05) is 54.6 Å². The van der Waals surface area contributed by atoms with Crippen LogP contribution in [0.5, 0.6) is 0 Å². The maximum absolute atomic E-state index is 4.54. The first kappa shape index (κ1) is 12.9. The largest absolute Gasteiger partial charge is 0.368 e. The molecule has 1 aliphatic rings. The molecule has 20 heavy (non-hydrogen) atoms. The van der Waals surface area contributed by atoms with Gasteiger partial charge in [-0.15, -0.1) is 0 Å². The molecule has 2 aromatic carbocycles. The first-order valence-electron chi connectivity index (χ1n) is 7.34. The summed E-state index contributed by atoms with van der Waals surface area (Å²) in [5.41, 5.74) is 4.09. The Labute approximate surface area is 120 Å². The highest BCUT2D eigenvalue weighted by Gasteiger charge is 2.11. The average Bonchev–Trinajstić information content (AvgIpc) is 3.03. The van der Waals surface area contributed by atoms with Gasteiger partial charge in [0, 0.05) is 12.1 Å². The second-order valence-electron chi connectivity index (χ2n) is 5.15. The molecule has 3 rings (SSSR count). The second-order valence-corrected chi connectivity index (χ2v) is 5.15. The van der Waals surface area contributed by atoms with E-state index in [1.807, 2.05) is 0 Å². The maximum Gasteiger partial charge on any atom is 0.128 e. The molecule has 0 saturated heterocycles. The van der Waals surface area contributed by atoms with Crippen LogP contribution in [0.15, 0.2) is 59.6 Å². The van der Waals surface area contributed by atoms with E-state index in [1.54, 1.807) is 0 Å². The van der Waals surface area contributed by atoms with E-state index < -0.39 is 0 Å². The Hall–Kier alpha value is -2.09. The molecule has 0 unspecified atom stereocenters. The van der Waals surface area contributed by atoms with Crippen molar-refractivity contribution in [2.75, 3.05) is 13.1 Å². The fourth-order valence-corrected chi connectivity index (χ4v) is 2.68. The van der Waals surface area contributed by atoms with E-state index in [0.29, 0.717) is 0 Å². The van der Waals surface area contributed by atoms with Gasteiger partial charge in [0.05, 0.1) is 6.54 Å². The number of hydrogen-bond donors (Lipinski definition) is 1. The summed E-state index contributed by atoms with van der Waals surface area (Å²) in [4.78, 5) is 4.54. The molecule has 1 heterocycles. The Morgan fingerprint density at radius 2 is 1.70 bits per heavy atom. The lowest BCUT2D eigenvalue weighted by atomic mass is 9.99. The summed E-state index contributed by atoms with van der Waals surface area (Å²) in [6, 6.07) is 19.3. The van der Waals surface area contributed by atoms with Crippen molar-refractivity contribution in [3.63, 3.8) is 0 Å². The number of nitrogens with zero attached hydrogens (tertiary/aromatic N) is 1. The minimum atomic E-state index is 0.897. The van der Waals surface area contributed by atoms with Gasteiger partial charge in [0.15, 0.2) is 0 Å². The third-order valence-electron chi connectivity index (χ3n) is 3.70. The first-order chi connectivity index (χ1) is 9.93. The molecule has 0 spiro atoms. The third kappa shape index (κ3) is 3.08. The molecular weight excluding hydrogens is 244 g/mol. The predicted octanol–water partition coefficient (Wildman–Crippen LogP) is 3.21. The van der Waals surface area contributed by atoms with Crippen molar-refractivity contribution in [1.82, 2.24) is 5.32 Å². The maximum atomic E-state index is 4.54. The summed E-state index contributed by atoms with van der Waals surface area (Å²) < 4.78 is 0. The summed E-state index contributed by atoms with van der Waals surface area (Å²) in [5, 5.41) is 3.37. The normalized spacial score (nSPS) is 13.9. The predicted molar refractivity (Wildman–Crippen MR) is 84.3 cm³/mol. The Kier molecular flexibility index (Phi) is 4.12. The molecule has 1 aliphatic heterocycles. The number of aliphatic imine (C=N–C) groups is 1. The van der Waals surface area contributed by atoms with Gasteiger partial charge in [-0.2, -0.15) is 0 Å².